The van der Waals surface area contributed by atoms with Gasteiger partial charge >= 0.3 is 0 Å². The van der Waals surface area contributed by atoms with E-state index in [0.717, 1.165) is 18.2 Å². The summed E-state index contributed by atoms with van der Waals surface area (Å²) in [5, 5.41) is 12.0. The van der Waals surface area contributed by atoms with Crippen molar-refractivity contribution in [1.82, 2.24) is 20.1 Å². The standard InChI is InChI=1S/C12H20N4/c1-9-14-15-12(16(9)11-2-3-11)8-10-4-6-13-7-5-10/h10-11,13H,2-8H2,1H3. The van der Waals surface area contributed by atoms with E-state index in [4.69, 9.17) is 0 Å². The van der Waals surface area contributed by atoms with Crippen LogP contribution >= 0.6 is 0 Å². The first-order valence-electron chi connectivity index (χ1n) is 6.45. The van der Waals surface area contributed by atoms with Crippen molar-refractivity contribution in [3.63, 3.8) is 0 Å². The van der Waals surface area contributed by atoms with Crippen molar-refractivity contribution in [3.05, 3.63) is 11.6 Å². The molecule has 1 N–H and O–H groups in total. The van der Waals surface area contributed by atoms with Gasteiger partial charge in [0.25, 0.3) is 0 Å². The van der Waals surface area contributed by atoms with E-state index in [1.54, 1.807) is 0 Å². The second-order valence-corrected chi connectivity index (χ2v) is 5.16. The van der Waals surface area contributed by atoms with Crippen molar-refractivity contribution in [2.24, 2.45) is 5.92 Å². The lowest BCUT2D eigenvalue weighted by atomic mass is 9.94. The molecule has 1 saturated carbocycles. The van der Waals surface area contributed by atoms with Gasteiger partial charge in [0.05, 0.1) is 0 Å². The molecule has 88 valence electrons. The minimum absolute atomic E-state index is 0.715. The highest BCUT2D eigenvalue weighted by molar-refractivity contribution is 5.02. The molecule has 2 aliphatic rings. The largest absolute Gasteiger partial charge is 0.317 e. The first-order chi connectivity index (χ1) is 7.84. The summed E-state index contributed by atoms with van der Waals surface area (Å²) in [6.45, 7) is 4.42. The van der Waals surface area contributed by atoms with Crippen molar-refractivity contribution >= 4 is 0 Å². The van der Waals surface area contributed by atoms with Gasteiger partial charge in [-0.2, -0.15) is 0 Å². The third-order valence-electron chi connectivity index (χ3n) is 3.78. The average molecular weight is 220 g/mol. The van der Waals surface area contributed by atoms with Gasteiger partial charge in [0, 0.05) is 12.5 Å². The molecule has 1 saturated heterocycles. The van der Waals surface area contributed by atoms with Crippen LogP contribution in [0.2, 0.25) is 0 Å². The van der Waals surface area contributed by atoms with E-state index in [0.29, 0.717) is 6.04 Å². The summed E-state index contributed by atoms with van der Waals surface area (Å²) in [4.78, 5) is 0. The van der Waals surface area contributed by atoms with Crippen molar-refractivity contribution < 1.29 is 0 Å². The van der Waals surface area contributed by atoms with Crippen LogP contribution in [0.25, 0.3) is 0 Å². The van der Waals surface area contributed by atoms with Crippen molar-refractivity contribution in [2.75, 3.05) is 13.1 Å². The Hall–Kier alpha value is -0.900. The number of nitrogens with one attached hydrogen (secondary N) is 1. The molecule has 16 heavy (non-hydrogen) atoms. The first-order valence-corrected chi connectivity index (χ1v) is 6.45. The van der Waals surface area contributed by atoms with Crippen molar-refractivity contribution in [1.29, 1.82) is 0 Å². The summed E-state index contributed by atoms with van der Waals surface area (Å²) < 4.78 is 2.38. The van der Waals surface area contributed by atoms with E-state index in [9.17, 15) is 0 Å². The molecule has 0 unspecified atom stereocenters. The summed E-state index contributed by atoms with van der Waals surface area (Å²) in [6, 6.07) is 0.715. The van der Waals surface area contributed by atoms with E-state index in [1.165, 1.54) is 44.6 Å². The van der Waals surface area contributed by atoms with Gasteiger partial charge in [0.1, 0.15) is 11.6 Å². The Bertz CT molecular complexity index is 361. The highest BCUT2D eigenvalue weighted by Gasteiger charge is 2.29. The van der Waals surface area contributed by atoms with Gasteiger partial charge in [-0.3, -0.25) is 0 Å². The molecule has 0 bridgehead atoms. The monoisotopic (exact) mass is 220 g/mol. The highest BCUT2D eigenvalue weighted by Crippen LogP contribution is 2.37. The summed E-state index contributed by atoms with van der Waals surface area (Å²) >= 11 is 0. The molecule has 4 heteroatoms. The summed E-state index contributed by atoms with van der Waals surface area (Å²) in [5.41, 5.74) is 0. The smallest absolute Gasteiger partial charge is 0.133 e. The number of piperidine rings is 1. The minimum Gasteiger partial charge on any atom is -0.317 e. The van der Waals surface area contributed by atoms with Crippen molar-refractivity contribution in [2.45, 2.75) is 45.1 Å². The number of rotatable bonds is 3. The molecule has 1 aromatic rings. The molecule has 0 amide bonds. The molecule has 2 heterocycles. The Labute approximate surface area is 96.4 Å². The van der Waals surface area contributed by atoms with Crippen molar-refractivity contribution in [3.8, 4) is 0 Å². The zero-order valence-electron chi connectivity index (χ0n) is 9.95. The normalized spacial score (nSPS) is 22.6. The molecule has 2 fully saturated rings. The lowest BCUT2D eigenvalue weighted by Gasteiger charge is -2.22. The summed E-state index contributed by atoms with van der Waals surface area (Å²) in [5.74, 6) is 3.14. The minimum atomic E-state index is 0.715. The second kappa shape index (κ2) is 4.17. The Kier molecular flexibility index (Phi) is 2.67. The number of hydrogen-bond acceptors (Lipinski definition) is 3. The predicted octanol–water partition coefficient (Wildman–Crippen LogP) is 1.46. The van der Waals surface area contributed by atoms with Gasteiger partial charge in [0.15, 0.2) is 0 Å². The molecule has 1 aliphatic carbocycles. The van der Waals surface area contributed by atoms with Gasteiger partial charge < -0.3 is 9.88 Å². The van der Waals surface area contributed by atoms with Crippen LogP contribution in [-0.4, -0.2) is 27.9 Å². The molecule has 4 nitrogen and oxygen atoms in total. The Morgan fingerprint density at radius 2 is 1.94 bits per heavy atom. The molecule has 1 aromatic heterocycles. The van der Waals surface area contributed by atoms with Crippen LogP contribution in [0.5, 0.6) is 0 Å². The second-order valence-electron chi connectivity index (χ2n) is 5.16. The van der Waals surface area contributed by atoms with Gasteiger partial charge in [-0.05, 0) is 51.6 Å². The molecule has 0 aromatic carbocycles. The van der Waals surface area contributed by atoms with Crippen LogP contribution in [0.3, 0.4) is 0 Å². The number of aromatic nitrogens is 3. The quantitative estimate of drug-likeness (QED) is 0.838. The van der Waals surface area contributed by atoms with Crippen LogP contribution in [0, 0.1) is 12.8 Å². The van der Waals surface area contributed by atoms with E-state index >= 15 is 0 Å². The maximum Gasteiger partial charge on any atom is 0.133 e. The molecular formula is C12H20N4. The fourth-order valence-electron chi connectivity index (χ4n) is 2.70. The van der Waals surface area contributed by atoms with E-state index in [2.05, 4.69) is 27.0 Å². The number of hydrogen-bond donors (Lipinski definition) is 1. The zero-order chi connectivity index (χ0) is 11.0. The average Bonchev–Trinajstić information content (AvgIpc) is 3.07. The Balaban J connectivity index is 1.73. The molecule has 3 rings (SSSR count). The number of nitrogens with zero attached hydrogens (tertiary/aromatic N) is 3. The van der Waals surface area contributed by atoms with Gasteiger partial charge in [-0.15, -0.1) is 10.2 Å². The van der Waals surface area contributed by atoms with Crippen LogP contribution in [0.15, 0.2) is 0 Å². The van der Waals surface area contributed by atoms with E-state index in [-0.39, 0.29) is 0 Å². The van der Waals surface area contributed by atoms with Crippen LogP contribution in [0.1, 0.15) is 43.4 Å². The third-order valence-corrected chi connectivity index (χ3v) is 3.78. The zero-order valence-corrected chi connectivity index (χ0v) is 9.95. The van der Waals surface area contributed by atoms with Gasteiger partial charge in [0.2, 0.25) is 0 Å². The van der Waals surface area contributed by atoms with Crippen LogP contribution < -0.4 is 5.32 Å². The maximum absolute atomic E-state index is 4.36. The lowest BCUT2D eigenvalue weighted by Crippen LogP contribution is -2.29. The highest BCUT2D eigenvalue weighted by atomic mass is 15.3. The van der Waals surface area contributed by atoms with Gasteiger partial charge in [-0.1, -0.05) is 0 Å². The molecular weight excluding hydrogens is 200 g/mol. The molecule has 1 aliphatic heterocycles. The predicted molar refractivity (Wildman–Crippen MR) is 62.3 cm³/mol. The lowest BCUT2D eigenvalue weighted by molar-refractivity contribution is 0.362. The number of aryl methyl sites for hydroxylation is 1. The first kappa shape index (κ1) is 10.3. The van der Waals surface area contributed by atoms with E-state index in [1.807, 2.05) is 0 Å². The molecule has 0 radical (unpaired) electrons. The fraction of sp³-hybridized carbons (Fsp3) is 0.833. The van der Waals surface area contributed by atoms with Gasteiger partial charge in [-0.25, -0.2) is 0 Å². The Morgan fingerprint density at radius 3 is 2.62 bits per heavy atom. The Morgan fingerprint density at radius 1 is 1.19 bits per heavy atom. The van der Waals surface area contributed by atoms with Crippen LogP contribution in [0.4, 0.5) is 0 Å². The molecule has 0 spiro atoms. The third kappa shape index (κ3) is 1.98. The topological polar surface area (TPSA) is 42.7 Å². The van der Waals surface area contributed by atoms with E-state index < -0.39 is 0 Å². The fourth-order valence-corrected chi connectivity index (χ4v) is 2.70. The van der Waals surface area contributed by atoms with Crippen LogP contribution in [-0.2, 0) is 6.42 Å². The maximum atomic E-state index is 4.36. The molecule has 0 atom stereocenters. The SMILES string of the molecule is Cc1nnc(CC2CCNCC2)n1C1CC1. The summed E-state index contributed by atoms with van der Waals surface area (Å²) in [6.07, 6.45) is 6.34. The summed E-state index contributed by atoms with van der Waals surface area (Å²) in [7, 11) is 0.